The van der Waals surface area contributed by atoms with Gasteiger partial charge in [0.2, 0.25) is 5.91 Å². The molecule has 1 N–H and O–H groups in total. The number of nitrogens with zero attached hydrogens (tertiary/aromatic N) is 1. The zero-order valence-corrected chi connectivity index (χ0v) is 17.2. The second-order valence-corrected chi connectivity index (χ2v) is 10.6. The molecule has 1 aliphatic carbocycles. The maximum absolute atomic E-state index is 12.9. The molecule has 0 radical (unpaired) electrons. The number of hydrogen-bond donors (Lipinski definition) is 1. The third-order valence-corrected chi connectivity index (χ3v) is 6.70. The molecule has 3 heteroatoms. The standard InChI is InChI=1S/C21H40N2O/c1-19(2,3)21(7)12-14-23(15-13-21)18(24)16-8-10-17(11-9-16)22-20(4,5)6/h16-17,22H,8-15H2,1-7H3/t16-,17-. The van der Waals surface area contributed by atoms with Crippen LogP contribution in [0.15, 0.2) is 0 Å². The van der Waals surface area contributed by atoms with Crippen molar-refractivity contribution in [2.24, 2.45) is 16.7 Å². The molecule has 0 bridgehead atoms. The van der Waals surface area contributed by atoms with Crippen LogP contribution in [0.25, 0.3) is 0 Å². The predicted octanol–water partition coefficient (Wildman–Crippen LogP) is 4.61. The van der Waals surface area contributed by atoms with Crippen molar-refractivity contribution in [3.63, 3.8) is 0 Å². The van der Waals surface area contributed by atoms with Crippen molar-refractivity contribution in [1.82, 2.24) is 10.2 Å². The molecule has 0 aromatic carbocycles. The summed E-state index contributed by atoms with van der Waals surface area (Å²) in [5.74, 6) is 0.696. The van der Waals surface area contributed by atoms with E-state index in [0.29, 0.717) is 22.8 Å². The summed E-state index contributed by atoms with van der Waals surface area (Å²) in [7, 11) is 0. The molecule has 0 unspecified atom stereocenters. The largest absolute Gasteiger partial charge is 0.342 e. The van der Waals surface area contributed by atoms with Gasteiger partial charge in [-0.15, -0.1) is 0 Å². The Kier molecular flexibility index (Phi) is 5.74. The van der Waals surface area contributed by atoms with E-state index in [1.54, 1.807) is 0 Å². The highest BCUT2D eigenvalue weighted by molar-refractivity contribution is 5.79. The van der Waals surface area contributed by atoms with Crippen LogP contribution in [-0.4, -0.2) is 35.5 Å². The molecule has 1 aliphatic heterocycles. The number of carbonyl (C=O) groups excluding carboxylic acids is 1. The van der Waals surface area contributed by atoms with Gasteiger partial charge in [-0.2, -0.15) is 0 Å². The fraction of sp³-hybridized carbons (Fsp3) is 0.952. The number of carbonyl (C=O) groups is 1. The lowest BCUT2D eigenvalue weighted by atomic mass is 9.63. The van der Waals surface area contributed by atoms with E-state index in [2.05, 4.69) is 58.7 Å². The Morgan fingerprint density at radius 1 is 0.958 bits per heavy atom. The third-order valence-electron chi connectivity index (χ3n) is 6.70. The molecule has 24 heavy (non-hydrogen) atoms. The summed E-state index contributed by atoms with van der Waals surface area (Å²) in [4.78, 5) is 15.1. The van der Waals surface area contributed by atoms with Crippen LogP contribution in [0.3, 0.4) is 0 Å². The minimum atomic E-state index is 0.172. The van der Waals surface area contributed by atoms with E-state index in [-0.39, 0.29) is 11.5 Å². The predicted molar refractivity (Wildman–Crippen MR) is 102 cm³/mol. The molecule has 2 rings (SSSR count). The highest BCUT2D eigenvalue weighted by atomic mass is 16.2. The number of rotatable bonds is 2. The lowest BCUT2D eigenvalue weighted by Gasteiger charge is -2.48. The monoisotopic (exact) mass is 336 g/mol. The molecular formula is C21H40N2O. The molecule has 1 heterocycles. The number of likely N-dealkylation sites (tertiary alicyclic amines) is 1. The first kappa shape index (κ1) is 19.8. The molecule has 140 valence electrons. The van der Waals surface area contributed by atoms with E-state index in [9.17, 15) is 4.79 Å². The number of amides is 1. The van der Waals surface area contributed by atoms with Crippen LogP contribution in [0.2, 0.25) is 0 Å². The summed E-state index contributed by atoms with van der Waals surface area (Å²) in [5, 5.41) is 3.70. The minimum absolute atomic E-state index is 0.172. The van der Waals surface area contributed by atoms with Crippen molar-refractivity contribution < 1.29 is 4.79 Å². The summed E-state index contributed by atoms with van der Waals surface area (Å²) in [5.41, 5.74) is 0.850. The number of nitrogens with one attached hydrogen (secondary N) is 1. The quantitative estimate of drug-likeness (QED) is 0.799. The second-order valence-electron chi connectivity index (χ2n) is 10.6. The van der Waals surface area contributed by atoms with Crippen LogP contribution in [-0.2, 0) is 4.79 Å². The number of piperidine rings is 1. The van der Waals surface area contributed by atoms with Crippen molar-refractivity contribution in [3.05, 3.63) is 0 Å². The Hall–Kier alpha value is -0.570. The smallest absolute Gasteiger partial charge is 0.225 e. The summed E-state index contributed by atoms with van der Waals surface area (Å²) in [6.45, 7) is 18.0. The second kappa shape index (κ2) is 6.97. The molecule has 0 aromatic heterocycles. The van der Waals surface area contributed by atoms with Crippen LogP contribution in [0, 0.1) is 16.7 Å². The SMILES string of the molecule is CC(C)(C)N[C@H]1CC[C@H](C(=O)N2CCC(C)(C(C)(C)C)CC2)CC1. The van der Waals surface area contributed by atoms with Crippen LogP contribution >= 0.6 is 0 Å². The van der Waals surface area contributed by atoms with E-state index in [1.807, 2.05) is 0 Å². The van der Waals surface area contributed by atoms with Gasteiger partial charge in [0.1, 0.15) is 0 Å². The Labute approximate surface area is 149 Å². The van der Waals surface area contributed by atoms with Crippen molar-refractivity contribution in [1.29, 1.82) is 0 Å². The zero-order chi connectivity index (χ0) is 18.2. The summed E-state index contributed by atoms with van der Waals surface area (Å²) >= 11 is 0. The maximum atomic E-state index is 12.9. The molecule has 3 nitrogen and oxygen atoms in total. The van der Waals surface area contributed by atoms with Gasteiger partial charge in [0.05, 0.1) is 0 Å². The summed E-state index contributed by atoms with van der Waals surface area (Å²) in [6.07, 6.45) is 6.67. The fourth-order valence-electron chi connectivity index (χ4n) is 4.33. The highest BCUT2D eigenvalue weighted by Crippen LogP contribution is 2.46. The van der Waals surface area contributed by atoms with E-state index in [0.717, 1.165) is 51.6 Å². The average Bonchev–Trinajstić information content (AvgIpc) is 2.45. The molecule has 1 amide bonds. The first-order valence-corrected chi connectivity index (χ1v) is 9.98. The van der Waals surface area contributed by atoms with E-state index in [4.69, 9.17) is 0 Å². The molecule has 0 spiro atoms. The molecular weight excluding hydrogens is 296 g/mol. The van der Waals surface area contributed by atoms with Gasteiger partial charge in [0, 0.05) is 30.6 Å². The lowest BCUT2D eigenvalue weighted by Crippen LogP contribution is -2.50. The Morgan fingerprint density at radius 3 is 1.88 bits per heavy atom. The van der Waals surface area contributed by atoms with Gasteiger partial charge in [-0.25, -0.2) is 0 Å². The van der Waals surface area contributed by atoms with Crippen LogP contribution in [0.4, 0.5) is 0 Å². The van der Waals surface area contributed by atoms with E-state index in [1.165, 1.54) is 0 Å². The van der Waals surface area contributed by atoms with Crippen molar-refractivity contribution in [2.75, 3.05) is 13.1 Å². The van der Waals surface area contributed by atoms with Crippen LogP contribution in [0.1, 0.15) is 87.0 Å². The molecule has 2 aliphatic rings. The summed E-state index contributed by atoms with van der Waals surface area (Å²) < 4.78 is 0. The molecule has 2 fully saturated rings. The first-order chi connectivity index (χ1) is 10.9. The third kappa shape index (κ3) is 4.74. The van der Waals surface area contributed by atoms with Crippen molar-refractivity contribution in [2.45, 2.75) is 98.6 Å². The molecule has 0 aromatic rings. The highest BCUT2D eigenvalue weighted by Gasteiger charge is 2.41. The lowest BCUT2D eigenvalue weighted by molar-refractivity contribution is -0.140. The fourth-order valence-corrected chi connectivity index (χ4v) is 4.33. The number of hydrogen-bond acceptors (Lipinski definition) is 2. The Morgan fingerprint density at radius 2 is 1.46 bits per heavy atom. The maximum Gasteiger partial charge on any atom is 0.225 e. The minimum Gasteiger partial charge on any atom is -0.342 e. The van der Waals surface area contributed by atoms with Gasteiger partial charge in [0.25, 0.3) is 0 Å². The Balaban J connectivity index is 1.82. The molecule has 1 saturated carbocycles. The van der Waals surface area contributed by atoms with Crippen molar-refractivity contribution in [3.8, 4) is 0 Å². The summed E-state index contributed by atoms with van der Waals surface area (Å²) in [6, 6.07) is 0.583. The first-order valence-electron chi connectivity index (χ1n) is 9.98. The van der Waals surface area contributed by atoms with Crippen LogP contribution in [0.5, 0.6) is 0 Å². The van der Waals surface area contributed by atoms with E-state index >= 15 is 0 Å². The van der Waals surface area contributed by atoms with Gasteiger partial charge >= 0.3 is 0 Å². The van der Waals surface area contributed by atoms with Gasteiger partial charge in [0.15, 0.2) is 0 Å². The average molecular weight is 337 g/mol. The van der Waals surface area contributed by atoms with Gasteiger partial charge in [-0.05, 0) is 70.1 Å². The Bertz CT molecular complexity index is 428. The molecule has 0 atom stereocenters. The van der Waals surface area contributed by atoms with Gasteiger partial charge in [-0.3, -0.25) is 4.79 Å². The zero-order valence-electron chi connectivity index (χ0n) is 17.2. The van der Waals surface area contributed by atoms with Crippen LogP contribution < -0.4 is 5.32 Å². The van der Waals surface area contributed by atoms with E-state index < -0.39 is 0 Å². The van der Waals surface area contributed by atoms with Gasteiger partial charge < -0.3 is 10.2 Å². The van der Waals surface area contributed by atoms with Crippen molar-refractivity contribution >= 4 is 5.91 Å². The molecule has 1 saturated heterocycles. The van der Waals surface area contributed by atoms with Gasteiger partial charge in [-0.1, -0.05) is 27.7 Å². The topological polar surface area (TPSA) is 32.3 Å². The normalized spacial score (nSPS) is 28.7.